The van der Waals surface area contributed by atoms with E-state index in [-0.39, 0.29) is 29.4 Å². The molecule has 2 aliphatic rings. The average molecular weight is 439 g/mol. The number of carbonyl (C=O) groups excluding carboxylic acids is 2. The summed E-state index contributed by atoms with van der Waals surface area (Å²) in [5, 5.41) is 0. The second-order valence-electron chi connectivity index (χ2n) is 8.19. The van der Waals surface area contributed by atoms with Crippen LogP contribution >= 0.6 is 0 Å². The highest BCUT2D eigenvalue weighted by Gasteiger charge is 2.25. The van der Waals surface area contributed by atoms with Crippen LogP contribution in [0.5, 0.6) is 0 Å². The van der Waals surface area contributed by atoms with Crippen molar-refractivity contribution in [3.8, 4) is 0 Å². The number of amides is 2. The van der Waals surface area contributed by atoms with Crippen LogP contribution in [0.25, 0.3) is 11.1 Å². The first-order valence-corrected chi connectivity index (χ1v) is 10.6. The molecule has 0 aliphatic carbocycles. The van der Waals surface area contributed by atoms with Gasteiger partial charge in [-0.05, 0) is 66.8 Å². The molecule has 4 rings (SSSR count). The lowest BCUT2D eigenvalue weighted by molar-refractivity contribution is -0.131. The van der Waals surface area contributed by atoms with Crippen molar-refractivity contribution in [1.29, 1.82) is 0 Å². The maximum absolute atomic E-state index is 12.8. The molecule has 0 saturated carbocycles. The van der Waals surface area contributed by atoms with Crippen LogP contribution in [0.15, 0.2) is 60.2 Å². The quantitative estimate of drug-likeness (QED) is 0.677. The Morgan fingerprint density at radius 2 is 1.38 bits per heavy atom. The summed E-state index contributed by atoms with van der Waals surface area (Å²) in [7, 11) is 3.59. The Labute approximate surface area is 187 Å². The monoisotopic (exact) mass is 438 g/mol. The van der Waals surface area contributed by atoms with Gasteiger partial charge in [-0.25, -0.2) is 8.78 Å². The number of carbonyl (C=O) groups is 2. The molecule has 2 amide bonds. The molecule has 2 aromatic carbocycles. The third kappa shape index (κ3) is 5.13. The molecular weight excluding hydrogens is 410 g/mol. The van der Waals surface area contributed by atoms with Crippen molar-refractivity contribution in [1.82, 2.24) is 9.80 Å². The van der Waals surface area contributed by atoms with Gasteiger partial charge < -0.3 is 9.80 Å². The van der Waals surface area contributed by atoms with Crippen LogP contribution < -0.4 is 0 Å². The number of benzene rings is 2. The third-order valence-corrected chi connectivity index (χ3v) is 5.99. The van der Waals surface area contributed by atoms with Crippen LogP contribution in [0.3, 0.4) is 0 Å². The molecule has 168 valence electrons. The van der Waals surface area contributed by atoms with Crippen LogP contribution in [0.4, 0.5) is 8.78 Å². The van der Waals surface area contributed by atoms with Crippen LogP contribution in [-0.4, -0.2) is 48.8 Å². The van der Waals surface area contributed by atoms with Crippen molar-refractivity contribution >= 4 is 23.0 Å². The highest BCUT2D eigenvalue weighted by atomic mass is 19.1. The normalized spacial score (nSPS) is 18.9. The zero-order valence-corrected chi connectivity index (χ0v) is 18.9. The molecule has 2 aromatic rings. The molecule has 4 nitrogen and oxygen atoms in total. The first-order chi connectivity index (χ1) is 15.2. The summed E-state index contributed by atoms with van der Waals surface area (Å²) >= 11 is 0. The lowest BCUT2D eigenvalue weighted by Gasteiger charge is -2.27. The van der Waals surface area contributed by atoms with Gasteiger partial charge in [0, 0.05) is 32.8 Å². The van der Waals surface area contributed by atoms with Crippen LogP contribution in [0.2, 0.25) is 0 Å². The molecule has 1 atom stereocenters. The van der Waals surface area contributed by atoms with Gasteiger partial charge in [-0.15, -0.1) is 0 Å². The van der Waals surface area contributed by atoms with E-state index >= 15 is 0 Å². The van der Waals surface area contributed by atoms with Gasteiger partial charge in [0.1, 0.15) is 11.6 Å². The van der Waals surface area contributed by atoms with Crippen molar-refractivity contribution in [2.45, 2.75) is 20.3 Å². The van der Waals surface area contributed by atoms with Crippen LogP contribution in [0.1, 0.15) is 31.4 Å². The predicted molar refractivity (Wildman–Crippen MR) is 122 cm³/mol. The molecule has 0 spiro atoms. The summed E-state index contributed by atoms with van der Waals surface area (Å²) in [5.41, 5.74) is 4.65. The van der Waals surface area contributed by atoms with Gasteiger partial charge in [0.15, 0.2) is 0 Å². The Morgan fingerprint density at radius 3 is 1.94 bits per heavy atom. The first-order valence-electron chi connectivity index (χ1n) is 10.6. The molecule has 0 bridgehead atoms. The van der Waals surface area contributed by atoms with Gasteiger partial charge in [-0.3, -0.25) is 9.59 Å². The zero-order chi connectivity index (χ0) is 23.4. The van der Waals surface area contributed by atoms with E-state index in [1.165, 1.54) is 24.3 Å². The van der Waals surface area contributed by atoms with Crippen molar-refractivity contribution < 1.29 is 18.4 Å². The maximum Gasteiger partial charge on any atom is 0.249 e. The highest BCUT2D eigenvalue weighted by Crippen LogP contribution is 2.28. The fourth-order valence-electron chi connectivity index (χ4n) is 3.97. The second kappa shape index (κ2) is 9.90. The van der Waals surface area contributed by atoms with Crippen molar-refractivity contribution in [3.05, 3.63) is 82.9 Å². The molecule has 0 fully saturated rings. The van der Waals surface area contributed by atoms with Gasteiger partial charge in [-0.2, -0.15) is 0 Å². The van der Waals surface area contributed by atoms with Gasteiger partial charge in [0.25, 0.3) is 0 Å². The molecule has 0 aromatic heterocycles. The minimum absolute atomic E-state index is 0.0607. The summed E-state index contributed by atoms with van der Waals surface area (Å²) in [6, 6.07) is 12.6. The lowest BCUT2D eigenvalue weighted by atomic mass is 9.90. The lowest BCUT2D eigenvalue weighted by Crippen LogP contribution is -2.36. The van der Waals surface area contributed by atoms with E-state index in [1.807, 2.05) is 19.9 Å². The largest absolute Gasteiger partial charge is 0.342 e. The predicted octanol–water partition coefficient (Wildman–Crippen LogP) is 4.78. The van der Waals surface area contributed by atoms with Gasteiger partial charge >= 0.3 is 0 Å². The number of likely N-dealkylation sites (N-methyl/N-ethyl adjacent to an activating group) is 2. The zero-order valence-electron chi connectivity index (χ0n) is 18.9. The second-order valence-corrected chi connectivity index (χ2v) is 8.19. The van der Waals surface area contributed by atoms with E-state index in [1.54, 1.807) is 48.2 Å². The van der Waals surface area contributed by atoms with Crippen LogP contribution in [-0.2, 0) is 9.59 Å². The van der Waals surface area contributed by atoms with E-state index in [2.05, 4.69) is 0 Å². The molecule has 1 unspecified atom stereocenters. The Bertz CT molecular complexity index is 1060. The minimum atomic E-state index is -0.253. The number of halogens is 2. The molecule has 0 radical (unpaired) electrons. The van der Waals surface area contributed by atoms with Gasteiger partial charge in [-0.1, -0.05) is 30.3 Å². The van der Waals surface area contributed by atoms with E-state index < -0.39 is 0 Å². The fourth-order valence-corrected chi connectivity index (χ4v) is 3.97. The summed E-state index contributed by atoms with van der Waals surface area (Å²) in [4.78, 5) is 27.0. The SMILES string of the molecule is CC1=C(c2ccc(F)cc2)CCN(C)C1=O.CC1C(=O)N(C)CC=C1c1ccc(F)cc1. The standard InChI is InChI=1S/2C13H14FNO/c2*1-9-12(7-8-15(2)13(9)16)10-3-5-11(14)6-4-10/h3-6H,7-8H2,1-2H3;3-7,9H,8H2,1-2H3. The molecular formula is C26H28F2N2O2. The number of hydrogen-bond acceptors (Lipinski definition) is 2. The van der Waals surface area contributed by atoms with Crippen LogP contribution in [0, 0.1) is 17.6 Å². The Kier molecular flexibility index (Phi) is 7.23. The first kappa shape index (κ1) is 23.4. The van der Waals surface area contributed by atoms with Crippen molar-refractivity contribution in [2.75, 3.05) is 27.2 Å². The summed E-state index contributed by atoms with van der Waals surface area (Å²) in [5.74, 6) is -0.478. The van der Waals surface area contributed by atoms with E-state index in [0.717, 1.165) is 40.8 Å². The molecule has 2 aliphatic heterocycles. The smallest absolute Gasteiger partial charge is 0.249 e. The van der Waals surface area contributed by atoms with E-state index in [4.69, 9.17) is 0 Å². The van der Waals surface area contributed by atoms with E-state index in [9.17, 15) is 18.4 Å². The Hall–Kier alpha value is -3.28. The topological polar surface area (TPSA) is 40.6 Å². The Morgan fingerprint density at radius 1 is 0.844 bits per heavy atom. The molecule has 32 heavy (non-hydrogen) atoms. The summed E-state index contributed by atoms with van der Waals surface area (Å²) < 4.78 is 25.6. The summed E-state index contributed by atoms with van der Waals surface area (Å²) in [6.45, 7) is 5.06. The van der Waals surface area contributed by atoms with E-state index in [0.29, 0.717) is 6.54 Å². The number of hydrogen-bond donors (Lipinski definition) is 0. The molecule has 0 saturated heterocycles. The number of nitrogens with zero attached hydrogens (tertiary/aromatic N) is 2. The molecule has 0 N–H and O–H groups in total. The summed E-state index contributed by atoms with van der Waals surface area (Å²) in [6.07, 6.45) is 2.86. The average Bonchev–Trinajstić information content (AvgIpc) is 2.78. The van der Waals surface area contributed by atoms with Crippen molar-refractivity contribution in [3.63, 3.8) is 0 Å². The highest BCUT2D eigenvalue weighted by molar-refractivity contribution is 6.02. The third-order valence-electron chi connectivity index (χ3n) is 5.99. The maximum atomic E-state index is 12.8. The number of rotatable bonds is 2. The minimum Gasteiger partial charge on any atom is -0.342 e. The van der Waals surface area contributed by atoms with Crippen molar-refractivity contribution in [2.24, 2.45) is 5.92 Å². The molecule has 2 heterocycles. The Balaban J connectivity index is 0.000000181. The van der Waals surface area contributed by atoms with Gasteiger partial charge in [0.05, 0.1) is 5.92 Å². The molecule has 6 heteroatoms. The van der Waals surface area contributed by atoms with Gasteiger partial charge in [0.2, 0.25) is 11.8 Å². The fraction of sp³-hybridized carbons (Fsp3) is 0.308.